The highest BCUT2D eigenvalue weighted by molar-refractivity contribution is 5.94. The lowest BCUT2D eigenvalue weighted by atomic mass is 10.1. The molecule has 19 heavy (non-hydrogen) atoms. The number of likely N-dealkylation sites (tertiary alicyclic amines) is 1. The van der Waals surface area contributed by atoms with Crippen molar-refractivity contribution in [2.75, 3.05) is 32.4 Å². The van der Waals surface area contributed by atoms with Gasteiger partial charge in [0.1, 0.15) is 0 Å². The second-order valence-electron chi connectivity index (χ2n) is 5.23. The van der Waals surface area contributed by atoms with E-state index in [0.29, 0.717) is 17.3 Å². The van der Waals surface area contributed by atoms with Crippen molar-refractivity contribution in [2.24, 2.45) is 0 Å². The summed E-state index contributed by atoms with van der Waals surface area (Å²) in [6.07, 6.45) is 2.43. The van der Waals surface area contributed by atoms with E-state index in [1.165, 1.54) is 12.8 Å². The van der Waals surface area contributed by atoms with Crippen molar-refractivity contribution in [2.45, 2.75) is 25.8 Å². The molecule has 1 aromatic carbocycles. The van der Waals surface area contributed by atoms with E-state index in [0.717, 1.165) is 19.6 Å². The third kappa shape index (κ3) is 3.26. The molecule has 1 atom stereocenters. The van der Waals surface area contributed by atoms with Crippen LogP contribution in [0.15, 0.2) is 24.3 Å². The Hall–Kier alpha value is -1.55. The normalized spacial score (nSPS) is 19.6. The number of rotatable bonds is 4. The molecule has 2 rings (SSSR count). The van der Waals surface area contributed by atoms with Crippen molar-refractivity contribution >= 4 is 11.6 Å². The van der Waals surface area contributed by atoms with Gasteiger partial charge in [0.15, 0.2) is 0 Å². The molecular formula is C15H23N3O. The minimum absolute atomic E-state index is 0.0722. The largest absolute Gasteiger partial charge is 0.399 e. The molecule has 0 aliphatic carbocycles. The smallest absolute Gasteiger partial charge is 0.253 e. The fourth-order valence-corrected chi connectivity index (χ4v) is 2.76. The molecule has 0 bridgehead atoms. The minimum Gasteiger partial charge on any atom is -0.399 e. The molecule has 1 heterocycles. The van der Waals surface area contributed by atoms with Gasteiger partial charge >= 0.3 is 0 Å². The van der Waals surface area contributed by atoms with Crippen LogP contribution in [-0.4, -0.2) is 48.4 Å². The highest BCUT2D eigenvalue weighted by Gasteiger charge is 2.25. The van der Waals surface area contributed by atoms with E-state index in [4.69, 9.17) is 5.73 Å². The third-order valence-electron chi connectivity index (χ3n) is 3.89. The highest BCUT2D eigenvalue weighted by atomic mass is 16.2. The Kier molecular flexibility index (Phi) is 4.43. The first-order chi connectivity index (χ1) is 9.11. The monoisotopic (exact) mass is 261 g/mol. The standard InChI is InChI=1S/C15H23N3O/c1-3-18-10-4-5-14(18)11-17(2)15(19)12-6-8-13(16)9-7-12/h6-9,14H,3-5,10-11,16H2,1-2H3. The number of amides is 1. The molecule has 0 radical (unpaired) electrons. The molecule has 2 N–H and O–H groups in total. The van der Waals surface area contributed by atoms with Crippen molar-refractivity contribution < 1.29 is 4.79 Å². The number of likely N-dealkylation sites (N-methyl/N-ethyl adjacent to an activating group) is 2. The molecule has 1 fully saturated rings. The van der Waals surface area contributed by atoms with Crippen molar-refractivity contribution in [3.05, 3.63) is 29.8 Å². The van der Waals surface area contributed by atoms with Crippen LogP contribution < -0.4 is 5.73 Å². The van der Waals surface area contributed by atoms with Crippen LogP contribution in [-0.2, 0) is 0 Å². The molecule has 4 heteroatoms. The topological polar surface area (TPSA) is 49.6 Å². The molecule has 1 aliphatic heterocycles. The quantitative estimate of drug-likeness (QED) is 0.841. The van der Waals surface area contributed by atoms with Gasteiger partial charge in [-0.15, -0.1) is 0 Å². The zero-order valence-corrected chi connectivity index (χ0v) is 11.8. The van der Waals surface area contributed by atoms with Crippen LogP contribution in [0, 0.1) is 0 Å². The minimum atomic E-state index is 0.0722. The highest BCUT2D eigenvalue weighted by Crippen LogP contribution is 2.18. The molecule has 1 unspecified atom stereocenters. The van der Waals surface area contributed by atoms with Crippen LogP contribution in [0.25, 0.3) is 0 Å². The fourth-order valence-electron chi connectivity index (χ4n) is 2.76. The zero-order chi connectivity index (χ0) is 13.8. The Morgan fingerprint density at radius 1 is 1.42 bits per heavy atom. The van der Waals surface area contributed by atoms with Crippen molar-refractivity contribution in [3.8, 4) is 0 Å². The second-order valence-corrected chi connectivity index (χ2v) is 5.23. The van der Waals surface area contributed by atoms with Gasteiger partial charge in [-0.1, -0.05) is 6.92 Å². The molecule has 1 amide bonds. The first kappa shape index (κ1) is 13.9. The summed E-state index contributed by atoms with van der Waals surface area (Å²) >= 11 is 0. The molecule has 0 spiro atoms. The summed E-state index contributed by atoms with van der Waals surface area (Å²) in [5.74, 6) is 0.0722. The second kappa shape index (κ2) is 6.06. The molecule has 0 saturated carbocycles. The Bertz CT molecular complexity index is 430. The molecule has 104 valence electrons. The van der Waals surface area contributed by atoms with Gasteiger partial charge in [0, 0.05) is 30.9 Å². The fraction of sp³-hybridized carbons (Fsp3) is 0.533. The van der Waals surface area contributed by atoms with Crippen molar-refractivity contribution in [3.63, 3.8) is 0 Å². The number of nitrogen functional groups attached to an aromatic ring is 1. The van der Waals surface area contributed by atoms with E-state index in [2.05, 4.69) is 11.8 Å². The predicted octanol–water partition coefficient (Wildman–Crippen LogP) is 1.83. The summed E-state index contributed by atoms with van der Waals surface area (Å²) < 4.78 is 0. The van der Waals surface area contributed by atoms with Gasteiger partial charge in [0.05, 0.1) is 0 Å². The van der Waals surface area contributed by atoms with E-state index < -0.39 is 0 Å². The first-order valence-electron chi connectivity index (χ1n) is 6.97. The maximum absolute atomic E-state index is 12.3. The van der Waals surface area contributed by atoms with Gasteiger partial charge in [-0.25, -0.2) is 0 Å². The lowest BCUT2D eigenvalue weighted by Crippen LogP contribution is -2.41. The number of hydrogen-bond acceptors (Lipinski definition) is 3. The van der Waals surface area contributed by atoms with E-state index in [9.17, 15) is 4.79 Å². The number of carbonyl (C=O) groups is 1. The molecule has 1 saturated heterocycles. The summed E-state index contributed by atoms with van der Waals surface area (Å²) in [6.45, 7) is 5.21. The Morgan fingerprint density at radius 3 is 2.74 bits per heavy atom. The van der Waals surface area contributed by atoms with Crippen LogP contribution in [0.4, 0.5) is 5.69 Å². The van der Waals surface area contributed by atoms with Gasteiger partial charge in [-0.05, 0) is 50.2 Å². The number of hydrogen-bond donors (Lipinski definition) is 1. The lowest BCUT2D eigenvalue weighted by molar-refractivity contribution is 0.0754. The van der Waals surface area contributed by atoms with Crippen LogP contribution in [0.1, 0.15) is 30.1 Å². The zero-order valence-electron chi connectivity index (χ0n) is 11.8. The Balaban J connectivity index is 1.97. The molecule has 0 aromatic heterocycles. The predicted molar refractivity (Wildman–Crippen MR) is 78.1 cm³/mol. The van der Waals surface area contributed by atoms with Gasteiger partial charge in [-0.2, -0.15) is 0 Å². The maximum Gasteiger partial charge on any atom is 0.253 e. The summed E-state index contributed by atoms with van der Waals surface area (Å²) in [4.78, 5) is 16.6. The Labute approximate surface area is 115 Å². The number of anilines is 1. The van der Waals surface area contributed by atoms with Gasteiger partial charge in [-0.3, -0.25) is 9.69 Å². The van der Waals surface area contributed by atoms with E-state index in [-0.39, 0.29) is 5.91 Å². The average molecular weight is 261 g/mol. The summed E-state index contributed by atoms with van der Waals surface area (Å²) in [7, 11) is 1.88. The van der Waals surface area contributed by atoms with Crippen LogP contribution in [0.3, 0.4) is 0 Å². The van der Waals surface area contributed by atoms with Gasteiger partial charge < -0.3 is 10.6 Å². The first-order valence-corrected chi connectivity index (χ1v) is 6.97. The molecule has 1 aromatic rings. The summed E-state index contributed by atoms with van der Waals surface area (Å²) in [6, 6.07) is 7.64. The van der Waals surface area contributed by atoms with Gasteiger partial charge in [0.2, 0.25) is 0 Å². The van der Waals surface area contributed by atoms with Crippen molar-refractivity contribution in [1.82, 2.24) is 9.80 Å². The molecular weight excluding hydrogens is 238 g/mol. The SMILES string of the molecule is CCN1CCCC1CN(C)C(=O)c1ccc(N)cc1. The summed E-state index contributed by atoms with van der Waals surface area (Å²) in [5.41, 5.74) is 7.03. The number of nitrogens with two attached hydrogens (primary N) is 1. The average Bonchev–Trinajstić information content (AvgIpc) is 2.86. The van der Waals surface area contributed by atoms with Crippen LogP contribution in [0.2, 0.25) is 0 Å². The maximum atomic E-state index is 12.3. The molecule has 1 aliphatic rings. The van der Waals surface area contributed by atoms with Crippen LogP contribution >= 0.6 is 0 Å². The van der Waals surface area contributed by atoms with Crippen molar-refractivity contribution in [1.29, 1.82) is 0 Å². The van der Waals surface area contributed by atoms with Gasteiger partial charge in [0.25, 0.3) is 5.91 Å². The molecule has 4 nitrogen and oxygen atoms in total. The summed E-state index contributed by atoms with van der Waals surface area (Å²) in [5, 5.41) is 0. The third-order valence-corrected chi connectivity index (χ3v) is 3.89. The van der Waals surface area contributed by atoms with E-state index >= 15 is 0 Å². The number of benzene rings is 1. The van der Waals surface area contributed by atoms with Crippen LogP contribution in [0.5, 0.6) is 0 Å². The van der Waals surface area contributed by atoms with E-state index in [1.54, 1.807) is 24.3 Å². The number of carbonyl (C=O) groups excluding carboxylic acids is 1. The Morgan fingerprint density at radius 2 is 2.11 bits per heavy atom. The van der Waals surface area contributed by atoms with E-state index in [1.807, 2.05) is 11.9 Å². The number of nitrogens with zero attached hydrogens (tertiary/aromatic N) is 2. The lowest BCUT2D eigenvalue weighted by Gasteiger charge is -2.27.